The highest BCUT2D eigenvalue weighted by molar-refractivity contribution is 6.34. The van der Waals surface area contributed by atoms with Crippen molar-refractivity contribution in [1.82, 2.24) is 10.1 Å². The number of fused-ring (bicyclic) bond motifs is 2. The second-order valence-corrected chi connectivity index (χ2v) is 8.60. The van der Waals surface area contributed by atoms with E-state index in [9.17, 15) is 23.2 Å². The molecule has 6 rings (SSSR count). The topological polar surface area (TPSA) is 83.7 Å². The zero-order valence-electron chi connectivity index (χ0n) is 18.7. The predicted molar refractivity (Wildman–Crippen MR) is 124 cm³/mol. The van der Waals surface area contributed by atoms with Crippen molar-refractivity contribution in [2.45, 2.75) is 13.0 Å². The van der Waals surface area contributed by atoms with Crippen LogP contribution < -0.4 is 4.90 Å². The van der Waals surface area contributed by atoms with E-state index in [0.29, 0.717) is 30.0 Å². The normalized spacial score (nSPS) is 14.7. The molecule has 0 fully saturated rings. The second-order valence-electron chi connectivity index (χ2n) is 8.60. The van der Waals surface area contributed by atoms with E-state index < -0.39 is 17.6 Å². The number of halogens is 2. The van der Waals surface area contributed by atoms with Crippen LogP contribution >= 0.6 is 0 Å². The first-order chi connectivity index (χ1) is 17.4. The van der Waals surface area contributed by atoms with Crippen LogP contribution in [0.2, 0.25) is 0 Å². The van der Waals surface area contributed by atoms with Crippen molar-refractivity contribution in [1.29, 1.82) is 0 Å². The van der Waals surface area contributed by atoms with Crippen LogP contribution in [0.5, 0.6) is 0 Å². The highest BCUT2D eigenvalue weighted by atomic mass is 19.1. The van der Waals surface area contributed by atoms with Crippen molar-refractivity contribution in [2.24, 2.45) is 0 Å². The smallest absolute Gasteiger partial charge is 0.266 e. The highest BCUT2D eigenvalue weighted by Crippen LogP contribution is 2.32. The molecule has 0 aliphatic carbocycles. The minimum absolute atomic E-state index is 0.118. The lowest BCUT2D eigenvalue weighted by Gasteiger charge is -2.26. The van der Waals surface area contributed by atoms with Gasteiger partial charge in [0.25, 0.3) is 17.7 Å². The molecule has 2 aliphatic heterocycles. The van der Waals surface area contributed by atoms with Gasteiger partial charge < -0.3 is 9.42 Å². The number of aromatic nitrogens is 1. The minimum Gasteiger partial charge on any atom is -0.356 e. The van der Waals surface area contributed by atoms with Gasteiger partial charge in [-0.15, -0.1) is 0 Å². The Morgan fingerprint density at radius 1 is 0.861 bits per heavy atom. The Bertz CT molecular complexity index is 1540. The molecule has 3 heterocycles. The summed E-state index contributed by atoms with van der Waals surface area (Å²) in [5.74, 6) is -1.68. The summed E-state index contributed by atoms with van der Waals surface area (Å²) in [5, 5.41) is 4.12. The summed E-state index contributed by atoms with van der Waals surface area (Å²) in [6.07, 6.45) is 0.498. The van der Waals surface area contributed by atoms with E-state index in [4.69, 9.17) is 4.52 Å². The lowest BCUT2D eigenvalue weighted by Crippen LogP contribution is -2.36. The monoisotopic (exact) mass is 485 g/mol. The molecular weight excluding hydrogens is 468 g/mol. The van der Waals surface area contributed by atoms with E-state index in [1.807, 2.05) is 0 Å². The third kappa shape index (κ3) is 3.48. The van der Waals surface area contributed by atoms with Crippen molar-refractivity contribution in [3.8, 4) is 11.3 Å². The van der Waals surface area contributed by atoms with E-state index in [2.05, 4.69) is 5.16 Å². The zero-order chi connectivity index (χ0) is 25.0. The van der Waals surface area contributed by atoms with E-state index in [1.54, 1.807) is 17.0 Å². The first kappa shape index (κ1) is 21.8. The molecule has 7 nitrogen and oxygen atoms in total. The molecule has 0 bridgehead atoms. The number of nitrogens with zero attached hydrogens (tertiary/aromatic N) is 3. The van der Waals surface area contributed by atoms with E-state index in [1.165, 1.54) is 54.6 Å². The molecule has 3 amide bonds. The van der Waals surface area contributed by atoms with Crippen LogP contribution in [0, 0.1) is 11.6 Å². The molecule has 0 radical (unpaired) electrons. The quantitative estimate of drug-likeness (QED) is 0.396. The summed E-state index contributed by atoms with van der Waals surface area (Å²) >= 11 is 0. The summed E-state index contributed by atoms with van der Waals surface area (Å²) in [6.45, 7) is 0.609. The van der Waals surface area contributed by atoms with Crippen LogP contribution in [0.15, 0.2) is 71.3 Å². The van der Waals surface area contributed by atoms with E-state index >= 15 is 0 Å². The molecule has 0 unspecified atom stereocenters. The third-order valence-electron chi connectivity index (χ3n) is 6.45. The third-order valence-corrected chi connectivity index (χ3v) is 6.45. The van der Waals surface area contributed by atoms with E-state index in [-0.39, 0.29) is 40.6 Å². The molecule has 3 aromatic carbocycles. The van der Waals surface area contributed by atoms with Gasteiger partial charge in [0.05, 0.1) is 23.4 Å². The highest BCUT2D eigenvalue weighted by Gasteiger charge is 2.38. The Labute approximate surface area is 203 Å². The van der Waals surface area contributed by atoms with Gasteiger partial charge in [0, 0.05) is 23.2 Å². The molecule has 0 atom stereocenters. The van der Waals surface area contributed by atoms with Gasteiger partial charge >= 0.3 is 0 Å². The Morgan fingerprint density at radius 3 is 2.25 bits per heavy atom. The fraction of sp³-hybridized carbons (Fsp3) is 0.111. The van der Waals surface area contributed by atoms with Crippen LogP contribution in [0.3, 0.4) is 0 Å². The van der Waals surface area contributed by atoms with Gasteiger partial charge in [0.2, 0.25) is 0 Å². The van der Waals surface area contributed by atoms with Crippen molar-refractivity contribution in [3.05, 3.63) is 106 Å². The van der Waals surface area contributed by atoms with Gasteiger partial charge in [0.15, 0.2) is 5.76 Å². The molecule has 178 valence electrons. The molecule has 0 spiro atoms. The van der Waals surface area contributed by atoms with Crippen LogP contribution in [-0.2, 0) is 13.0 Å². The number of hydrogen-bond acceptors (Lipinski definition) is 5. The molecule has 2 aliphatic rings. The van der Waals surface area contributed by atoms with Crippen molar-refractivity contribution in [2.75, 3.05) is 11.4 Å². The largest absolute Gasteiger partial charge is 0.356 e. The average molecular weight is 485 g/mol. The summed E-state index contributed by atoms with van der Waals surface area (Å²) in [7, 11) is 0. The number of imide groups is 1. The van der Waals surface area contributed by atoms with Gasteiger partial charge in [-0.05, 0) is 73.2 Å². The van der Waals surface area contributed by atoms with Gasteiger partial charge in [-0.1, -0.05) is 5.16 Å². The maximum Gasteiger partial charge on any atom is 0.266 e. The predicted octanol–water partition coefficient (Wildman–Crippen LogP) is 4.62. The number of carbonyl (C=O) groups excluding carboxylic acids is 3. The average Bonchev–Trinajstić information content (AvgIpc) is 3.42. The SMILES string of the molecule is O=C(c1ccc2c(c1)C(=O)N(c1ccc(F)cc1)C2=O)N1CCc2c(noc2-c2ccc(F)cc2)C1. The fourth-order valence-corrected chi connectivity index (χ4v) is 4.61. The van der Waals surface area contributed by atoms with Gasteiger partial charge in [-0.3, -0.25) is 14.4 Å². The number of benzene rings is 3. The fourth-order valence-electron chi connectivity index (χ4n) is 4.61. The number of anilines is 1. The number of amides is 3. The molecule has 0 saturated heterocycles. The standard InChI is InChI=1S/C27H17F2N3O4/c28-17-4-1-15(2-5-17)24-21-11-12-31(14-23(21)30-36-24)25(33)16-3-10-20-22(13-16)27(35)32(26(20)34)19-8-6-18(29)7-9-19/h1-10,13H,11-12,14H2. The lowest BCUT2D eigenvalue weighted by molar-refractivity contribution is 0.0731. The Morgan fingerprint density at radius 2 is 1.53 bits per heavy atom. The molecule has 0 N–H and O–H groups in total. The van der Waals surface area contributed by atoms with Crippen LogP contribution in [0.25, 0.3) is 11.3 Å². The summed E-state index contributed by atoms with van der Waals surface area (Å²) in [4.78, 5) is 41.7. The molecular formula is C27H17F2N3O4. The van der Waals surface area contributed by atoms with Crippen LogP contribution in [0.1, 0.15) is 42.3 Å². The van der Waals surface area contributed by atoms with Crippen molar-refractivity contribution < 1.29 is 27.7 Å². The molecule has 0 saturated carbocycles. The maximum absolute atomic E-state index is 13.3. The van der Waals surface area contributed by atoms with Gasteiger partial charge in [-0.2, -0.15) is 0 Å². The second kappa shape index (κ2) is 8.23. The van der Waals surface area contributed by atoms with E-state index in [0.717, 1.165) is 10.5 Å². The Hall–Kier alpha value is -4.66. The van der Waals surface area contributed by atoms with Crippen LogP contribution in [0.4, 0.5) is 14.5 Å². The molecule has 36 heavy (non-hydrogen) atoms. The summed E-state index contributed by atoms with van der Waals surface area (Å²) < 4.78 is 32.1. The number of rotatable bonds is 3. The molecule has 9 heteroatoms. The number of carbonyl (C=O) groups is 3. The summed E-state index contributed by atoms with van der Waals surface area (Å²) in [6, 6.07) is 15.4. The van der Waals surface area contributed by atoms with Gasteiger partial charge in [0.1, 0.15) is 17.3 Å². The van der Waals surface area contributed by atoms with Crippen molar-refractivity contribution >= 4 is 23.4 Å². The molecule has 1 aromatic heterocycles. The maximum atomic E-state index is 13.3. The minimum atomic E-state index is -0.572. The first-order valence-electron chi connectivity index (χ1n) is 11.2. The first-order valence-corrected chi connectivity index (χ1v) is 11.2. The zero-order valence-corrected chi connectivity index (χ0v) is 18.7. The van der Waals surface area contributed by atoms with Crippen molar-refractivity contribution in [3.63, 3.8) is 0 Å². The summed E-state index contributed by atoms with van der Waals surface area (Å²) in [5.41, 5.74) is 3.01. The Kier molecular flexibility index (Phi) is 4.99. The molecule has 4 aromatic rings. The number of hydrogen-bond donors (Lipinski definition) is 0. The van der Waals surface area contributed by atoms with Gasteiger partial charge in [-0.25, -0.2) is 13.7 Å². The Balaban J connectivity index is 1.24. The van der Waals surface area contributed by atoms with Crippen LogP contribution in [-0.4, -0.2) is 34.3 Å². The lowest BCUT2D eigenvalue weighted by atomic mass is 9.99.